The number of nitrogens with zero attached hydrogens (tertiary/aromatic N) is 1. The first-order valence-corrected chi connectivity index (χ1v) is 6.42. The average molecular weight is 207 g/mol. The summed E-state index contributed by atoms with van der Waals surface area (Å²) in [5.41, 5.74) is 0.975. The fourth-order valence-corrected chi connectivity index (χ4v) is 3.58. The molecule has 0 radical (unpaired) electrons. The average Bonchev–Trinajstić information content (AvgIpc) is 2.51. The Bertz CT molecular complexity index is 267. The van der Waals surface area contributed by atoms with E-state index in [4.69, 9.17) is 0 Å². The molecule has 2 rings (SSSR count). The van der Waals surface area contributed by atoms with Crippen LogP contribution >= 0.6 is 0 Å². The molecule has 86 valence electrons. The van der Waals surface area contributed by atoms with E-state index >= 15 is 0 Å². The number of piperidine rings is 1. The highest BCUT2D eigenvalue weighted by molar-refractivity contribution is 5.14. The molecule has 1 heterocycles. The summed E-state index contributed by atoms with van der Waals surface area (Å²) < 4.78 is 0. The summed E-state index contributed by atoms with van der Waals surface area (Å²) in [6.07, 6.45) is 8.64. The second-order valence-electron chi connectivity index (χ2n) is 6.02. The maximum atomic E-state index is 2.70. The van der Waals surface area contributed by atoms with Gasteiger partial charge in [-0.1, -0.05) is 32.9 Å². The van der Waals surface area contributed by atoms with Crippen LogP contribution in [0.5, 0.6) is 0 Å². The van der Waals surface area contributed by atoms with Crippen LogP contribution in [0.1, 0.15) is 47.0 Å². The number of hydrogen-bond donors (Lipinski definition) is 0. The fraction of sp³-hybridized carbons (Fsp3) is 0.857. The first kappa shape index (κ1) is 11.2. The van der Waals surface area contributed by atoms with Crippen LogP contribution in [-0.4, -0.2) is 23.5 Å². The van der Waals surface area contributed by atoms with Gasteiger partial charge in [0.15, 0.2) is 0 Å². The molecule has 0 spiro atoms. The molecule has 1 aliphatic heterocycles. The van der Waals surface area contributed by atoms with Crippen molar-refractivity contribution in [2.24, 2.45) is 11.3 Å². The summed E-state index contributed by atoms with van der Waals surface area (Å²) in [7, 11) is 0. The second kappa shape index (κ2) is 3.62. The van der Waals surface area contributed by atoms with Crippen molar-refractivity contribution < 1.29 is 0 Å². The van der Waals surface area contributed by atoms with E-state index in [1.165, 1.54) is 19.4 Å². The van der Waals surface area contributed by atoms with E-state index in [0.29, 0.717) is 11.0 Å². The van der Waals surface area contributed by atoms with E-state index in [2.05, 4.69) is 44.7 Å². The normalized spacial score (nSPS) is 39.3. The van der Waals surface area contributed by atoms with Crippen molar-refractivity contribution in [1.82, 2.24) is 4.90 Å². The first-order valence-electron chi connectivity index (χ1n) is 6.42. The summed E-state index contributed by atoms with van der Waals surface area (Å²) in [5.74, 6) is 0.928. The topological polar surface area (TPSA) is 3.24 Å². The summed E-state index contributed by atoms with van der Waals surface area (Å²) in [6, 6.07) is 0. The Labute approximate surface area is 94.5 Å². The molecule has 1 nitrogen and oxygen atoms in total. The predicted molar refractivity (Wildman–Crippen MR) is 65.9 cm³/mol. The third kappa shape index (κ3) is 1.47. The second-order valence-corrected chi connectivity index (χ2v) is 6.02. The number of allylic oxidation sites excluding steroid dienone is 1. The molecule has 0 amide bonds. The highest BCUT2D eigenvalue weighted by atomic mass is 15.3. The molecule has 0 aromatic carbocycles. The first-order chi connectivity index (χ1) is 7.02. The SMILES string of the molecule is CC/C=C/CN1CC2CCC1(C)C2(C)C. The largest absolute Gasteiger partial charge is 0.293 e. The highest BCUT2D eigenvalue weighted by Crippen LogP contribution is 2.58. The van der Waals surface area contributed by atoms with Gasteiger partial charge in [-0.25, -0.2) is 0 Å². The maximum absolute atomic E-state index is 2.70. The van der Waals surface area contributed by atoms with E-state index in [1.54, 1.807) is 0 Å². The quantitative estimate of drug-likeness (QED) is 0.641. The lowest BCUT2D eigenvalue weighted by atomic mass is 9.75. The van der Waals surface area contributed by atoms with Crippen LogP contribution in [0.4, 0.5) is 0 Å². The van der Waals surface area contributed by atoms with Gasteiger partial charge in [-0.2, -0.15) is 0 Å². The van der Waals surface area contributed by atoms with Gasteiger partial charge in [0.2, 0.25) is 0 Å². The summed E-state index contributed by atoms with van der Waals surface area (Å²) in [4.78, 5) is 2.70. The molecule has 2 unspecified atom stereocenters. The van der Waals surface area contributed by atoms with E-state index < -0.39 is 0 Å². The molecule has 1 saturated heterocycles. The minimum Gasteiger partial charge on any atom is -0.293 e. The Hall–Kier alpha value is -0.300. The van der Waals surface area contributed by atoms with Crippen LogP contribution in [0, 0.1) is 11.3 Å². The predicted octanol–water partition coefficient (Wildman–Crippen LogP) is 3.46. The zero-order valence-electron chi connectivity index (χ0n) is 10.7. The molecule has 0 N–H and O–H groups in total. The molecular formula is C14H25N. The van der Waals surface area contributed by atoms with Crippen molar-refractivity contribution in [3.63, 3.8) is 0 Å². The van der Waals surface area contributed by atoms with Gasteiger partial charge in [-0.05, 0) is 37.5 Å². The van der Waals surface area contributed by atoms with Gasteiger partial charge in [0.1, 0.15) is 0 Å². The van der Waals surface area contributed by atoms with Gasteiger partial charge in [0, 0.05) is 18.6 Å². The Morgan fingerprint density at radius 3 is 2.47 bits per heavy atom. The van der Waals surface area contributed by atoms with E-state index in [0.717, 1.165) is 18.9 Å². The number of rotatable bonds is 3. The van der Waals surface area contributed by atoms with Crippen LogP contribution in [0.15, 0.2) is 12.2 Å². The number of fused-ring (bicyclic) bond motifs is 2. The third-order valence-corrected chi connectivity index (χ3v) is 5.26. The Kier molecular flexibility index (Phi) is 2.70. The molecule has 2 aliphatic rings. The van der Waals surface area contributed by atoms with Crippen molar-refractivity contribution in [2.75, 3.05) is 13.1 Å². The molecule has 0 aromatic rings. The van der Waals surface area contributed by atoms with Crippen molar-refractivity contribution in [1.29, 1.82) is 0 Å². The van der Waals surface area contributed by atoms with Crippen molar-refractivity contribution in [3.05, 3.63) is 12.2 Å². The molecule has 2 bridgehead atoms. The molecule has 1 aliphatic carbocycles. The van der Waals surface area contributed by atoms with Crippen LogP contribution in [-0.2, 0) is 0 Å². The van der Waals surface area contributed by atoms with Crippen LogP contribution < -0.4 is 0 Å². The Balaban J connectivity index is 2.09. The van der Waals surface area contributed by atoms with Crippen LogP contribution in [0.3, 0.4) is 0 Å². The summed E-state index contributed by atoms with van der Waals surface area (Å²) in [6.45, 7) is 12.1. The number of likely N-dealkylation sites (tertiary alicyclic amines) is 1. The number of hydrogen-bond acceptors (Lipinski definition) is 1. The lowest BCUT2D eigenvalue weighted by Crippen LogP contribution is -2.47. The summed E-state index contributed by atoms with van der Waals surface area (Å²) >= 11 is 0. The smallest absolute Gasteiger partial charge is 0.0239 e. The Morgan fingerprint density at radius 1 is 1.27 bits per heavy atom. The summed E-state index contributed by atoms with van der Waals surface area (Å²) in [5, 5.41) is 0. The standard InChI is InChI=1S/C14H25N/c1-5-6-7-10-15-11-12-8-9-14(15,4)13(12,2)3/h6-7,12H,5,8-11H2,1-4H3/b7-6+. The molecular weight excluding hydrogens is 182 g/mol. The molecule has 2 fully saturated rings. The monoisotopic (exact) mass is 207 g/mol. The van der Waals surface area contributed by atoms with Crippen LogP contribution in [0.25, 0.3) is 0 Å². The molecule has 0 aromatic heterocycles. The van der Waals surface area contributed by atoms with E-state index in [-0.39, 0.29) is 0 Å². The van der Waals surface area contributed by atoms with E-state index in [9.17, 15) is 0 Å². The van der Waals surface area contributed by atoms with Gasteiger partial charge in [0.25, 0.3) is 0 Å². The van der Waals surface area contributed by atoms with Gasteiger partial charge >= 0.3 is 0 Å². The highest BCUT2D eigenvalue weighted by Gasteiger charge is 2.59. The minimum absolute atomic E-state index is 0.454. The molecule has 1 saturated carbocycles. The lowest BCUT2D eigenvalue weighted by molar-refractivity contribution is 0.0933. The molecule has 15 heavy (non-hydrogen) atoms. The fourth-order valence-electron chi connectivity index (χ4n) is 3.58. The zero-order valence-corrected chi connectivity index (χ0v) is 10.7. The van der Waals surface area contributed by atoms with Crippen molar-refractivity contribution >= 4 is 0 Å². The van der Waals surface area contributed by atoms with Gasteiger partial charge in [-0.15, -0.1) is 0 Å². The van der Waals surface area contributed by atoms with Crippen LogP contribution in [0.2, 0.25) is 0 Å². The van der Waals surface area contributed by atoms with E-state index in [1.807, 2.05) is 0 Å². The maximum Gasteiger partial charge on any atom is 0.0239 e. The molecule has 2 atom stereocenters. The zero-order chi connectivity index (χ0) is 11.1. The van der Waals surface area contributed by atoms with Gasteiger partial charge < -0.3 is 0 Å². The molecule has 1 heteroatoms. The van der Waals surface area contributed by atoms with Crippen molar-refractivity contribution in [3.8, 4) is 0 Å². The minimum atomic E-state index is 0.454. The lowest BCUT2D eigenvalue weighted by Gasteiger charge is -2.41. The third-order valence-electron chi connectivity index (χ3n) is 5.26. The van der Waals surface area contributed by atoms with Gasteiger partial charge in [-0.3, -0.25) is 4.90 Å². The van der Waals surface area contributed by atoms with Gasteiger partial charge in [0.05, 0.1) is 0 Å². The Morgan fingerprint density at radius 2 is 2.00 bits per heavy atom. The van der Waals surface area contributed by atoms with Crippen molar-refractivity contribution in [2.45, 2.75) is 52.5 Å².